The van der Waals surface area contributed by atoms with E-state index < -0.39 is 0 Å². The largest absolute Gasteiger partial charge is 0.302 e. The van der Waals surface area contributed by atoms with E-state index in [4.69, 9.17) is 0 Å². The van der Waals surface area contributed by atoms with Gasteiger partial charge < -0.3 is 5.43 Å². The molecule has 0 amide bonds. The Bertz CT molecular complexity index is 343. The fraction of sp³-hybridized carbons (Fsp3) is 0.182. The van der Waals surface area contributed by atoms with Gasteiger partial charge in [-0.15, -0.1) is 6.58 Å². The van der Waals surface area contributed by atoms with E-state index >= 15 is 0 Å². The van der Waals surface area contributed by atoms with E-state index in [-0.39, 0.29) is 0 Å². The maximum atomic E-state index is 4.08. The first-order valence-corrected chi connectivity index (χ1v) is 4.64. The van der Waals surface area contributed by atoms with Crippen LogP contribution in [0.25, 0.3) is 0 Å². The molecule has 1 aliphatic heterocycles. The summed E-state index contributed by atoms with van der Waals surface area (Å²) in [7, 11) is 0. The Hall–Kier alpha value is -1.77. The second-order valence-corrected chi connectivity index (χ2v) is 3.16. The van der Waals surface area contributed by atoms with Crippen molar-refractivity contribution >= 4 is 5.69 Å². The molecule has 0 unspecified atom stereocenters. The number of allylic oxidation sites excluding steroid dienone is 1. The Labute approximate surface area is 83.7 Å². The molecule has 72 valence electrons. The smallest absolute Gasteiger partial charge is 0.0758 e. The molecule has 0 spiro atoms. The highest BCUT2D eigenvalue weighted by atomic mass is 15.5. The minimum absolute atomic E-state index is 0.884. The summed E-state index contributed by atoms with van der Waals surface area (Å²) in [6, 6.07) is 3.97. The van der Waals surface area contributed by atoms with Crippen LogP contribution in [-0.4, -0.2) is 11.5 Å². The molecular formula is C11H13N3. The van der Waals surface area contributed by atoms with Crippen molar-refractivity contribution in [1.82, 2.24) is 10.4 Å². The van der Waals surface area contributed by atoms with Crippen molar-refractivity contribution < 1.29 is 0 Å². The van der Waals surface area contributed by atoms with Gasteiger partial charge in [-0.3, -0.25) is 9.99 Å². The van der Waals surface area contributed by atoms with E-state index in [9.17, 15) is 0 Å². The molecule has 3 nitrogen and oxygen atoms in total. The van der Waals surface area contributed by atoms with Gasteiger partial charge in [-0.25, -0.2) is 0 Å². The van der Waals surface area contributed by atoms with Crippen LogP contribution >= 0.6 is 0 Å². The summed E-state index contributed by atoms with van der Waals surface area (Å²) in [5.41, 5.74) is 5.58. The number of aromatic nitrogens is 1. The Kier molecular flexibility index (Phi) is 2.49. The van der Waals surface area contributed by atoms with Crippen LogP contribution in [0.3, 0.4) is 0 Å². The molecule has 2 heterocycles. The zero-order valence-electron chi connectivity index (χ0n) is 7.98. The highest BCUT2D eigenvalue weighted by molar-refractivity contribution is 5.46. The molecule has 0 aromatic carbocycles. The van der Waals surface area contributed by atoms with Gasteiger partial charge in [-0.05, 0) is 18.2 Å². The van der Waals surface area contributed by atoms with Crippen LogP contribution in [0.4, 0.5) is 5.69 Å². The number of hydrogen-bond acceptors (Lipinski definition) is 3. The molecular weight excluding hydrogens is 174 g/mol. The molecule has 3 heteroatoms. The minimum Gasteiger partial charge on any atom is -0.302 e. The maximum Gasteiger partial charge on any atom is 0.0758 e. The molecule has 14 heavy (non-hydrogen) atoms. The molecule has 0 aliphatic carbocycles. The monoisotopic (exact) mass is 187 g/mol. The first-order valence-electron chi connectivity index (χ1n) is 4.64. The minimum atomic E-state index is 0.884. The number of anilines is 1. The molecule has 0 atom stereocenters. The predicted octanol–water partition coefficient (Wildman–Crippen LogP) is 1.87. The molecule has 1 aromatic rings. The average Bonchev–Trinajstić information content (AvgIpc) is 2.68. The summed E-state index contributed by atoms with van der Waals surface area (Å²) >= 11 is 0. The van der Waals surface area contributed by atoms with Crippen molar-refractivity contribution in [2.24, 2.45) is 0 Å². The fourth-order valence-corrected chi connectivity index (χ4v) is 1.43. The first kappa shape index (κ1) is 8.81. The lowest BCUT2D eigenvalue weighted by Crippen LogP contribution is -2.31. The van der Waals surface area contributed by atoms with Crippen molar-refractivity contribution in [3.8, 4) is 0 Å². The van der Waals surface area contributed by atoms with Crippen molar-refractivity contribution in [2.45, 2.75) is 6.42 Å². The van der Waals surface area contributed by atoms with Crippen LogP contribution in [0.15, 0.2) is 49.0 Å². The van der Waals surface area contributed by atoms with Gasteiger partial charge in [0.2, 0.25) is 0 Å². The third-order valence-corrected chi connectivity index (χ3v) is 2.12. The molecule has 0 radical (unpaired) electrons. The van der Waals surface area contributed by atoms with Gasteiger partial charge in [0.05, 0.1) is 18.4 Å². The number of hydrazine groups is 1. The Morgan fingerprint density at radius 1 is 1.64 bits per heavy atom. The number of rotatable bonds is 3. The van der Waals surface area contributed by atoms with Crippen LogP contribution in [0.1, 0.15) is 6.42 Å². The fourth-order valence-electron chi connectivity index (χ4n) is 1.43. The highest BCUT2D eigenvalue weighted by Crippen LogP contribution is 2.15. The number of pyridine rings is 1. The van der Waals surface area contributed by atoms with E-state index in [0.717, 1.165) is 18.7 Å². The third-order valence-electron chi connectivity index (χ3n) is 2.12. The average molecular weight is 187 g/mol. The number of nitrogens with zero attached hydrogens (tertiary/aromatic N) is 2. The second kappa shape index (κ2) is 3.96. The molecule has 2 rings (SSSR count). The van der Waals surface area contributed by atoms with Crippen molar-refractivity contribution in [2.75, 3.05) is 11.6 Å². The Morgan fingerprint density at radius 2 is 2.57 bits per heavy atom. The second-order valence-electron chi connectivity index (χ2n) is 3.16. The summed E-state index contributed by atoms with van der Waals surface area (Å²) in [5, 5.41) is 2.06. The van der Waals surface area contributed by atoms with Crippen LogP contribution in [0.5, 0.6) is 0 Å². The summed E-state index contributed by atoms with van der Waals surface area (Å²) in [6.45, 7) is 4.59. The highest BCUT2D eigenvalue weighted by Gasteiger charge is 2.11. The maximum absolute atomic E-state index is 4.08. The molecule has 0 saturated carbocycles. The van der Waals surface area contributed by atoms with Crippen LogP contribution in [-0.2, 0) is 0 Å². The molecule has 0 saturated heterocycles. The quantitative estimate of drug-likeness (QED) is 0.732. The van der Waals surface area contributed by atoms with Gasteiger partial charge in [-0.2, -0.15) is 0 Å². The molecule has 1 aromatic heterocycles. The molecule has 0 fully saturated rings. The topological polar surface area (TPSA) is 28.2 Å². The molecule has 0 bridgehead atoms. The molecule has 1 aliphatic rings. The summed E-state index contributed by atoms with van der Waals surface area (Å²) in [5.74, 6) is 0. The Balaban J connectivity index is 2.02. The van der Waals surface area contributed by atoms with E-state index in [0.29, 0.717) is 0 Å². The lowest BCUT2D eigenvalue weighted by Gasteiger charge is -2.19. The summed E-state index contributed by atoms with van der Waals surface area (Å²) in [6.07, 6.45) is 8.56. The van der Waals surface area contributed by atoms with E-state index in [1.54, 1.807) is 6.20 Å². The third kappa shape index (κ3) is 1.76. The van der Waals surface area contributed by atoms with E-state index in [2.05, 4.69) is 28.1 Å². The zero-order valence-corrected chi connectivity index (χ0v) is 7.98. The first-order chi connectivity index (χ1) is 6.90. The van der Waals surface area contributed by atoms with Crippen LogP contribution in [0, 0.1) is 0 Å². The summed E-state index contributed by atoms with van der Waals surface area (Å²) < 4.78 is 0. The lowest BCUT2D eigenvalue weighted by molar-refractivity contribution is 0.788. The van der Waals surface area contributed by atoms with Crippen molar-refractivity contribution in [3.63, 3.8) is 0 Å². The van der Waals surface area contributed by atoms with Gasteiger partial charge >= 0.3 is 0 Å². The lowest BCUT2D eigenvalue weighted by atomic mass is 10.3. The number of hydrogen-bond donors (Lipinski definition) is 1. The Morgan fingerprint density at radius 3 is 3.29 bits per heavy atom. The van der Waals surface area contributed by atoms with Crippen molar-refractivity contribution in [1.29, 1.82) is 0 Å². The zero-order chi connectivity index (χ0) is 9.80. The number of nitrogens with one attached hydrogen (secondary N) is 1. The summed E-state index contributed by atoms with van der Waals surface area (Å²) in [4.78, 5) is 4.08. The van der Waals surface area contributed by atoms with Gasteiger partial charge in [0, 0.05) is 18.3 Å². The molecule has 1 N–H and O–H groups in total. The van der Waals surface area contributed by atoms with Crippen LogP contribution in [0.2, 0.25) is 0 Å². The van der Waals surface area contributed by atoms with Crippen molar-refractivity contribution in [3.05, 3.63) is 49.0 Å². The van der Waals surface area contributed by atoms with E-state index in [1.807, 2.05) is 24.4 Å². The SMILES string of the molecule is C=CCC1=CCN(c2cccnc2)N1. The van der Waals surface area contributed by atoms with E-state index in [1.165, 1.54) is 5.70 Å². The predicted molar refractivity (Wildman–Crippen MR) is 57.6 cm³/mol. The standard InChI is InChI=1S/C11H13N3/c1-2-4-10-6-8-14(13-10)11-5-3-7-12-9-11/h2-3,5-7,9,13H,1,4,8H2. The van der Waals surface area contributed by atoms with Gasteiger partial charge in [0.15, 0.2) is 0 Å². The van der Waals surface area contributed by atoms with Gasteiger partial charge in [0.1, 0.15) is 0 Å². The normalized spacial score (nSPS) is 14.9. The van der Waals surface area contributed by atoms with Gasteiger partial charge in [0.25, 0.3) is 0 Å². The van der Waals surface area contributed by atoms with Crippen LogP contribution < -0.4 is 10.4 Å². The van der Waals surface area contributed by atoms with Gasteiger partial charge in [-0.1, -0.05) is 6.08 Å².